The molecule has 1 atom stereocenters. The Labute approximate surface area is 125 Å². The maximum Gasteiger partial charge on any atom is 0.305 e. The first-order valence-corrected chi connectivity index (χ1v) is 6.86. The molecule has 116 valence electrons. The molecule has 0 saturated heterocycles. The number of carboxylic acid groups (broad SMARTS) is 1. The van der Waals surface area contributed by atoms with Crippen molar-refractivity contribution in [1.29, 1.82) is 0 Å². The lowest BCUT2D eigenvalue weighted by atomic mass is 9.84. The normalized spacial score (nSPS) is 12.6. The number of amides is 1. The first-order chi connectivity index (χ1) is 9.72. The number of hydrogen-bond acceptors (Lipinski definition) is 3. The van der Waals surface area contributed by atoms with E-state index in [2.05, 4.69) is 5.32 Å². The molecule has 1 rings (SSSR count). The number of aliphatic carboxylic acids is 1. The Balaban J connectivity index is 2.66. The van der Waals surface area contributed by atoms with Gasteiger partial charge < -0.3 is 15.2 Å². The molecular weight excluding hydrogens is 270 g/mol. The summed E-state index contributed by atoms with van der Waals surface area (Å²) in [5, 5.41) is 11.8. The first-order valence-electron chi connectivity index (χ1n) is 6.86. The van der Waals surface area contributed by atoms with Gasteiger partial charge in [0, 0.05) is 6.04 Å². The smallest absolute Gasteiger partial charge is 0.305 e. The molecule has 0 aliphatic rings. The molecule has 5 heteroatoms. The molecular formula is C16H23NO4. The Morgan fingerprint density at radius 1 is 1.24 bits per heavy atom. The van der Waals surface area contributed by atoms with Gasteiger partial charge >= 0.3 is 5.97 Å². The van der Waals surface area contributed by atoms with Crippen molar-refractivity contribution < 1.29 is 19.4 Å². The summed E-state index contributed by atoms with van der Waals surface area (Å²) in [5.74, 6) is -0.362. The third-order valence-corrected chi connectivity index (χ3v) is 3.28. The zero-order valence-electron chi connectivity index (χ0n) is 13.0. The highest BCUT2D eigenvalue weighted by Crippen LogP contribution is 2.22. The van der Waals surface area contributed by atoms with Crippen molar-refractivity contribution in [2.75, 3.05) is 7.11 Å². The van der Waals surface area contributed by atoms with Crippen molar-refractivity contribution in [3.63, 3.8) is 0 Å². The maximum atomic E-state index is 12.1. The third kappa shape index (κ3) is 5.85. The number of rotatable bonds is 6. The molecule has 0 heterocycles. The summed E-state index contributed by atoms with van der Waals surface area (Å²) in [6.07, 6.45) is 0.133. The van der Waals surface area contributed by atoms with Crippen molar-refractivity contribution in [1.82, 2.24) is 5.32 Å². The number of carboxylic acids is 1. The van der Waals surface area contributed by atoms with Crippen LogP contribution in [0.5, 0.6) is 5.75 Å². The molecule has 2 N–H and O–H groups in total. The number of ether oxygens (including phenoxy) is 1. The number of methoxy groups -OCH3 is 1. The lowest BCUT2D eigenvalue weighted by Crippen LogP contribution is -2.45. The molecule has 0 radical (unpaired) electrons. The van der Waals surface area contributed by atoms with Crippen molar-refractivity contribution in [3.05, 3.63) is 29.8 Å². The van der Waals surface area contributed by atoms with Crippen LogP contribution in [0.1, 0.15) is 32.8 Å². The number of nitrogens with one attached hydrogen (secondary N) is 1. The molecule has 1 aromatic rings. The Bertz CT molecular complexity index is 488. The summed E-state index contributed by atoms with van der Waals surface area (Å²) < 4.78 is 5.06. The SMILES string of the molecule is COc1ccc(CC(=O)NC(CC(=O)O)C(C)(C)C)cc1. The lowest BCUT2D eigenvalue weighted by Gasteiger charge is -2.30. The molecule has 1 amide bonds. The Morgan fingerprint density at radius 2 is 1.81 bits per heavy atom. The van der Waals surface area contributed by atoms with Gasteiger partial charge in [-0.2, -0.15) is 0 Å². The van der Waals surface area contributed by atoms with Crippen LogP contribution in [0.25, 0.3) is 0 Å². The molecule has 0 aromatic heterocycles. The van der Waals surface area contributed by atoms with E-state index in [9.17, 15) is 9.59 Å². The minimum atomic E-state index is -0.917. The molecule has 21 heavy (non-hydrogen) atoms. The van der Waals surface area contributed by atoms with Gasteiger partial charge in [-0.1, -0.05) is 32.9 Å². The molecule has 0 aliphatic carbocycles. The minimum absolute atomic E-state index is 0.0855. The van der Waals surface area contributed by atoms with Crippen LogP contribution in [0.4, 0.5) is 0 Å². The van der Waals surface area contributed by atoms with E-state index in [1.54, 1.807) is 19.2 Å². The highest BCUT2D eigenvalue weighted by molar-refractivity contribution is 5.79. The fraction of sp³-hybridized carbons (Fsp3) is 0.500. The summed E-state index contributed by atoms with van der Waals surface area (Å²) in [6.45, 7) is 5.73. The number of carbonyl (C=O) groups is 2. The average molecular weight is 293 g/mol. The van der Waals surface area contributed by atoms with Crippen LogP contribution >= 0.6 is 0 Å². The highest BCUT2D eigenvalue weighted by Gasteiger charge is 2.28. The largest absolute Gasteiger partial charge is 0.497 e. The Morgan fingerprint density at radius 3 is 2.24 bits per heavy atom. The van der Waals surface area contributed by atoms with Crippen molar-refractivity contribution in [2.24, 2.45) is 5.41 Å². The van der Waals surface area contributed by atoms with E-state index in [0.717, 1.165) is 11.3 Å². The van der Waals surface area contributed by atoms with Crippen LogP contribution in [0.2, 0.25) is 0 Å². The third-order valence-electron chi connectivity index (χ3n) is 3.28. The van der Waals surface area contributed by atoms with Crippen LogP contribution < -0.4 is 10.1 Å². The van der Waals surface area contributed by atoms with E-state index in [1.165, 1.54) is 0 Å². The molecule has 0 aliphatic heterocycles. The minimum Gasteiger partial charge on any atom is -0.497 e. The summed E-state index contributed by atoms with van der Waals surface area (Å²) in [7, 11) is 1.58. The second-order valence-electron chi connectivity index (χ2n) is 6.11. The summed E-state index contributed by atoms with van der Waals surface area (Å²) in [5.41, 5.74) is 0.546. The van der Waals surface area contributed by atoms with E-state index in [-0.39, 0.29) is 24.2 Å². The van der Waals surface area contributed by atoms with Gasteiger partial charge in [-0.05, 0) is 23.1 Å². The molecule has 0 bridgehead atoms. The van der Waals surface area contributed by atoms with Gasteiger partial charge in [-0.25, -0.2) is 0 Å². The fourth-order valence-corrected chi connectivity index (χ4v) is 1.92. The van der Waals surface area contributed by atoms with Crippen LogP contribution in [-0.4, -0.2) is 30.1 Å². The van der Waals surface area contributed by atoms with E-state index in [4.69, 9.17) is 9.84 Å². The topological polar surface area (TPSA) is 75.6 Å². The predicted octanol–water partition coefficient (Wildman–Crippen LogP) is 2.24. The Hall–Kier alpha value is -2.04. The van der Waals surface area contributed by atoms with Gasteiger partial charge in [0.1, 0.15) is 5.75 Å². The molecule has 5 nitrogen and oxygen atoms in total. The van der Waals surface area contributed by atoms with E-state index in [0.29, 0.717) is 0 Å². The predicted molar refractivity (Wildman–Crippen MR) is 80.3 cm³/mol. The number of hydrogen-bond donors (Lipinski definition) is 2. The van der Waals surface area contributed by atoms with Crippen LogP contribution in [0, 0.1) is 5.41 Å². The molecule has 0 fully saturated rings. The maximum absolute atomic E-state index is 12.1. The zero-order valence-corrected chi connectivity index (χ0v) is 13.0. The fourth-order valence-electron chi connectivity index (χ4n) is 1.92. The van der Waals surface area contributed by atoms with E-state index in [1.807, 2.05) is 32.9 Å². The molecule has 1 aromatic carbocycles. The van der Waals surface area contributed by atoms with Crippen molar-refractivity contribution >= 4 is 11.9 Å². The van der Waals surface area contributed by atoms with Gasteiger partial charge in [0.15, 0.2) is 0 Å². The van der Waals surface area contributed by atoms with Crippen molar-refractivity contribution in [2.45, 2.75) is 39.7 Å². The quantitative estimate of drug-likeness (QED) is 0.843. The molecule has 0 spiro atoms. The van der Waals surface area contributed by atoms with Crippen LogP contribution in [0.15, 0.2) is 24.3 Å². The van der Waals surface area contributed by atoms with E-state index >= 15 is 0 Å². The van der Waals surface area contributed by atoms with Gasteiger partial charge in [-0.15, -0.1) is 0 Å². The van der Waals surface area contributed by atoms with Crippen molar-refractivity contribution in [3.8, 4) is 5.75 Å². The summed E-state index contributed by atoms with van der Waals surface area (Å²) in [4.78, 5) is 23.0. The lowest BCUT2D eigenvalue weighted by molar-refractivity contribution is -0.138. The van der Waals surface area contributed by atoms with E-state index < -0.39 is 12.0 Å². The second-order valence-corrected chi connectivity index (χ2v) is 6.11. The van der Waals surface area contributed by atoms with Gasteiger partial charge in [-0.3, -0.25) is 9.59 Å². The number of carbonyl (C=O) groups excluding carboxylic acids is 1. The highest BCUT2D eigenvalue weighted by atomic mass is 16.5. The second kappa shape index (κ2) is 7.11. The summed E-state index contributed by atoms with van der Waals surface area (Å²) in [6, 6.07) is 6.83. The van der Waals surface area contributed by atoms with Crippen LogP contribution in [0.3, 0.4) is 0 Å². The van der Waals surface area contributed by atoms with Gasteiger partial charge in [0.05, 0.1) is 20.0 Å². The Kier molecular flexibility index (Phi) is 5.76. The standard InChI is InChI=1S/C16H23NO4/c1-16(2,3)13(10-15(19)20)17-14(18)9-11-5-7-12(21-4)8-6-11/h5-8,13H,9-10H2,1-4H3,(H,17,18)(H,19,20). The van der Waals surface area contributed by atoms with Crippen LogP contribution in [-0.2, 0) is 16.0 Å². The summed E-state index contributed by atoms with van der Waals surface area (Å²) >= 11 is 0. The van der Waals surface area contributed by atoms with Gasteiger partial charge in [0.2, 0.25) is 5.91 Å². The first kappa shape index (κ1) is 17.0. The molecule has 0 saturated carbocycles. The number of benzene rings is 1. The average Bonchev–Trinajstić information content (AvgIpc) is 2.37. The zero-order chi connectivity index (χ0) is 16.0. The van der Waals surface area contributed by atoms with Gasteiger partial charge in [0.25, 0.3) is 0 Å². The molecule has 1 unspecified atom stereocenters. The monoisotopic (exact) mass is 293 g/mol.